The summed E-state index contributed by atoms with van der Waals surface area (Å²) < 4.78 is 0. The lowest BCUT2D eigenvalue weighted by Gasteiger charge is -2.06. The molecule has 112 valence electrons. The molecule has 1 rings (SSSR count). The van der Waals surface area contributed by atoms with Gasteiger partial charge in [-0.1, -0.05) is 32.3 Å². The van der Waals surface area contributed by atoms with Crippen molar-refractivity contribution in [3.8, 4) is 0 Å². The van der Waals surface area contributed by atoms with Crippen molar-refractivity contribution in [1.82, 2.24) is 10.6 Å². The third-order valence-corrected chi connectivity index (χ3v) is 3.83. The lowest BCUT2D eigenvalue weighted by atomic mass is 10.2. The van der Waals surface area contributed by atoms with Crippen LogP contribution in [0.5, 0.6) is 0 Å². The second-order valence-electron chi connectivity index (χ2n) is 4.75. The Balaban J connectivity index is 1.98. The molecule has 0 saturated heterocycles. The summed E-state index contributed by atoms with van der Waals surface area (Å²) in [4.78, 5) is 23.9. The quantitative estimate of drug-likeness (QED) is 0.652. The maximum Gasteiger partial charge on any atom is 0.261 e. The molecule has 0 aromatic carbocycles. The van der Waals surface area contributed by atoms with E-state index in [9.17, 15) is 9.59 Å². The molecule has 0 aliphatic carbocycles. The molecule has 0 unspecified atom stereocenters. The van der Waals surface area contributed by atoms with Crippen LogP contribution < -0.4 is 10.6 Å². The van der Waals surface area contributed by atoms with Crippen molar-refractivity contribution in [2.24, 2.45) is 0 Å². The van der Waals surface area contributed by atoms with Crippen LogP contribution in [0.1, 0.15) is 55.1 Å². The van der Waals surface area contributed by atoms with E-state index >= 15 is 0 Å². The van der Waals surface area contributed by atoms with Crippen LogP contribution in [0.15, 0.2) is 17.5 Å². The minimum atomic E-state index is -0.0556. The average Bonchev–Trinajstić information content (AvgIpc) is 2.97. The molecule has 20 heavy (non-hydrogen) atoms. The van der Waals surface area contributed by atoms with Gasteiger partial charge < -0.3 is 10.6 Å². The summed E-state index contributed by atoms with van der Waals surface area (Å²) in [6, 6.07) is 3.65. The van der Waals surface area contributed by atoms with Crippen molar-refractivity contribution in [3.63, 3.8) is 0 Å². The minimum absolute atomic E-state index is 0.0556. The number of thiophene rings is 1. The fraction of sp³-hybridized carbons (Fsp3) is 0.600. The molecule has 2 amide bonds. The number of carbonyl (C=O) groups is 2. The van der Waals surface area contributed by atoms with Gasteiger partial charge in [-0.2, -0.15) is 0 Å². The Kier molecular flexibility index (Phi) is 8.71. The smallest absolute Gasteiger partial charge is 0.261 e. The van der Waals surface area contributed by atoms with E-state index in [-0.39, 0.29) is 11.8 Å². The second kappa shape index (κ2) is 10.4. The lowest BCUT2D eigenvalue weighted by Crippen LogP contribution is -2.27. The summed E-state index contributed by atoms with van der Waals surface area (Å²) >= 11 is 1.42. The Morgan fingerprint density at radius 1 is 1.10 bits per heavy atom. The van der Waals surface area contributed by atoms with Crippen LogP contribution >= 0.6 is 11.3 Å². The molecule has 0 atom stereocenters. The first-order valence-corrected chi connectivity index (χ1v) is 8.20. The molecular formula is C15H24N2O2S. The van der Waals surface area contributed by atoms with Gasteiger partial charge in [0.15, 0.2) is 0 Å². The Morgan fingerprint density at radius 3 is 2.60 bits per heavy atom. The Bertz CT molecular complexity index is 391. The van der Waals surface area contributed by atoms with E-state index < -0.39 is 0 Å². The van der Waals surface area contributed by atoms with Crippen LogP contribution in [0.3, 0.4) is 0 Å². The monoisotopic (exact) mass is 296 g/mol. The summed E-state index contributed by atoms with van der Waals surface area (Å²) in [5.41, 5.74) is 0. The number of nitrogens with one attached hydrogen (secondary N) is 2. The Labute approximate surface area is 125 Å². The molecule has 1 heterocycles. The molecule has 2 N–H and O–H groups in total. The topological polar surface area (TPSA) is 58.2 Å². The molecule has 0 aliphatic heterocycles. The van der Waals surface area contributed by atoms with Crippen molar-refractivity contribution in [2.45, 2.75) is 45.4 Å². The van der Waals surface area contributed by atoms with Crippen molar-refractivity contribution in [1.29, 1.82) is 0 Å². The Morgan fingerprint density at radius 2 is 1.90 bits per heavy atom. The summed E-state index contributed by atoms with van der Waals surface area (Å²) in [6.45, 7) is 3.48. The predicted octanol–water partition coefficient (Wildman–Crippen LogP) is 2.95. The van der Waals surface area contributed by atoms with E-state index in [1.54, 1.807) is 6.07 Å². The molecule has 1 aromatic heterocycles. The van der Waals surface area contributed by atoms with Crippen molar-refractivity contribution in [3.05, 3.63) is 22.4 Å². The summed E-state index contributed by atoms with van der Waals surface area (Å²) in [5, 5.41) is 7.60. The van der Waals surface area contributed by atoms with Crippen molar-refractivity contribution < 1.29 is 9.59 Å². The van der Waals surface area contributed by atoms with E-state index in [1.807, 2.05) is 11.4 Å². The van der Waals surface area contributed by atoms with Crippen LogP contribution in [0.4, 0.5) is 0 Å². The predicted molar refractivity (Wildman–Crippen MR) is 83.0 cm³/mol. The van der Waals surface area contributed by atoms with Gasteiger partial charge in [-0.25, -0.2) is 0 Å². The third kappa shape index (κ3) is 7.28. The maximum absolute atomic E-state index is 11.6. The van der Waals surface area contributed by atoms with Gasteiger partial charge in [0, 0.05) is 19.5 Å². The van der Waals surface area contributed by atoms with Crippen LogP contribution in [0.2, 0.25) is 0 Å². The molecule has 0 spiro atoms. The third-order valence-electron chi connectivity index (χ3n) is 2.96. The number of hydrogen-bond acceptors (Lipinski definition) is 3. The van der Waals surface area contributed by atoms with Gasteiger partial charge in [0.1, 0.15) is 0 Å². The molecule has 0 radical (unpaired) electrons. The normalized spacial score (nSPS) is 10.2. The van der Waals surface area contributed by atoms with Gasteiger partial charge in [0.05, 0.1) is 4.88 Å². The van der Waals surface area contributed by atoms with Gasteiger partial charge in [-0.15, -0.1) is 11.3 Å². The summed E-state index contributed by atoms with van der Waals surface area (Å²) in [6.07, 6.45) is 5.81. The molecule has 0 saturated carbocycles. The minimum Gasteiger partial charge on any atom is -0.356 e. The number of unbranched alkanes of at least 4 members (excludes halogenated alkanes) is 3. The maximum atomic E-state index is 11.6. The molecule has 5 heteroatoms. The van der Waals surface area contributed by atoms with E-state index in [1.165, 1.54) is 30.6 Å². The summed E-state index contributed by atoms with van der Waals surface area (Å²) in [5.74, 6) is 0.0202. The molecule has 1 aromatic rings. The highest BCUT2D eigenvalue weighted by atomic mass is 32.1. The van der Waals surface area contributed by atoms with Crippen molar-refractivity contribution in [2.75, 3.05) is 13.1 Å². The largest absolute Gasteiger partial charge is 0.356 e. The van der Waals surface area contributed by atoms with Gasteiger partial charge in [0.25, 0.3) is 5.91 Å². The first-order valence-electron chi connectivity index (χ1n) is 7.32. The average molecular weight is 296 g/mol. The zero-order valence-electron chi connectivity index (χ0n) is 12.1. The second-order valence-corrected chi connectivity index (χ2v) is 5.70. The van der Waals surface area contributed by atoms with Crippen LogP contribution in [0.25, 0.3) is 0 Å². The molecule has 0 bridgehead atoms. The van der Waals surface area contributed by atoms with Crippen LogP contribution in [0, 0.1) is 0 Å². The lowest BCUT2D eigenvalue weighted by molar-refractivity contribution is -0.121. The zero-order valence-corrected chi connectivity index (χ0v) is 12.9. The number of carbonyl (C=O) groups excluding carboxylic acids is 2. The summed E-state index contributed by atoms with van der Waals surface area (Å²) in [7, 11) is 0. The Hall–Kier alpha value is -1.36. The molecule has 4 nitrogen and oxygen atoms in total. The molecular weight excluding hydrogens is 272 g/mol. The first kappa shape index (κ1) is 16.7. The van der Waals surface area contributed by atoms with Gasteiger partial charge in [-0.3, -0.25) is 9.59 Å². The van der Waals surface area contributed by atoms with Gasteiger partial charge in [0.2, 0.25) is 5.91 Å². The SMILES string of the molecule is CCCCCCNC(=O)CCCNC(=O)c1cccs1. The zero-order chi connectivity index (χ0) is 14.6. The highest BCUT2D eigenvalue weighted by Crippen LogP contribution is 2.07. The standard InChI is InChI=1S/C15H24N2O2S/c1-2-3-4-5-10-16-14(18)9-6-11-17-15(19)13-8-7-12-20-13/h7-8,12H,2-6,9-11H2,1H3,(H,16,18)(H,17,19). The van der Waals surface area contributed by atoms with Crippen LogP contribution in [-0.2, 0) is 4.79 Å². The van der Waals surface area contributed by atoms with E-state index in [0.717, 1.165) is 13.0 Å². The molecule has 0 fully saturated rings. The number of rotatable bonds is 10. The highest BCUT2D eigenvalue weighted by Gasteiger charge is 2.05. The number of amides is 2. The first-order chi connectivity index (χ1) is 9.74. The van der Waals surface area contributed by atoms with Crippen LogP contribution in [-0.4, -0.2) is 24.9 Å². The molecule has 0 aliphatic rings. The van der Waals surface area contributed by atoms with Gasteiger partial charge in [-0.05, 0) is 24.3 Å². The van der Waals surface area contributed by atoms with E-state index in [4.69, 9.17) is 0 Å². The fourth-order valence-corrected chi connectivity index (χ4v) is 2.45. The highest BCUT2D eigenvalue weighted by molar-refractivity contribution is 7.12. The van der Waals surface area contributed by atoms with Gasteiger partial charge >= 0.3 is 0 Å². The fourth-order valence-electron chi connectivity index (χ4n) is 1.81. The number of hydrogen-bond donors (Lipinski definition) is 2. The van der Waals surface area contributed by atoms with E-state index in [0.29, 0.717) is 24.3 Å². The van der Waals surface area contributed by atoms with Crippen molar-refractivity contribution >= 4 is 23.2 Å². The van der Waals surface area contributed by atoms with E-state index in [2.05, 4.69) is 17.6 Å².